The lowest BCUT2D eigenvalue weighted by molar-refractivity contribution is -0.150. The van der Waals surface area contributed by atoms with Gasteiger partial charge in [-0.3, -0.25) is 4.90 Å². The Morgan fingerprint density at radius 2 is 2.00 bits per heavy atom. The Morgan fingerprint density at radius 1 is 1.37 bits per heavy atom. The number of ether oxygens (including phenoxy) is 1. The summed E-state index contributed by atoms with van der Waals surface area (Å²) in [6, 6.07) is 7.45. The highest BCUT2D eigenvalue weighted by molar-refractivity contribution is 5.76. The van der Waals surface area contributed by atoms with Crippen LogP contribution in [0.4, 0.5) is 0 Å². The fourth-order valence-corrected chi connectivity index (χ4v) is 2.18. The van der Waals surface area contributed by atoms with Gasteiger partial charge < -0.3 is 15.2 Å². The summed E-state index contributed by atoms with van der Waals surface area (Å²) in [5.41, 5.74) is 1.75. The van der Waals surface area contributed by atoms with Gasteiger partial charge in [-0.25, -0.2) is 4.79 Å². The van der Waals surface area contributed by atoms with Gasteiger partial charge in [-0.05, 0) is 11.1 Å². The van der Waals surface area contributed by atoms with E-state index in [1.54, 1.807) is 12.1 Å². The lowest BCUT2D eigenvalue weighted by Gasteiger charge is -2.27. The minimum atomic E-state index is -1.20. The van der Waals surface area contributed by atoms with Crippen LogP contribution >= 0.6 is 0 Å². The first-order valence-electron chi connectivity index (χ1n) is 6.48. The molecule has 0 radical (unpaired) electrons. The predicted octanol–water partition coefficient (Wildman–Crippen LogP) is 0.298. The summed E-state index contributed by atoms with van der Waals surface area (Å²) in [5, 5.41) is 13.0. The number of piperazine rings is 1. The molecule has 1 aliphatic heterocycles. The monoisotopic (exact) mass is 264 g/mol. The van der Waals surface area contributed by atoms with Gasteiger partial charge in [0.2, 0.25) is 0 Å². The van der Waals surface area contributed by atoms with Crippen LogP contribution in [0.5, 0.6) is 0 Å². The van der Waals surface area contributed by atoms with Crippen molar-refractivity contribution >= 4 is 5.97 Å². The smallest absolute Gasteiger partial charge is 0.339 e. The van der Waals surface area contributed by atoms with Crippen LogP contribution in [0.3, 0.4) is 0 Å². The molecular formula is C14H20N2O3. The standard InChI is InChI=1S/C14H20N2O3/c1-19-14(18)13(17)12-4-2-11(3-5-12)10-16-8-6-15-7-9-16/h2-5,13,15,17H,6-10H2,1H3. The van der Waals surface area contributed by atoms with Gasteiger partial charge in [0.1, 0.15) is 0 Å². The third-order valence-electron chi connectivity index (χ3n) is 3.34. The first-order chi connectivity index (χ1) is 9.20. The van der Waals surface area contributed by atoms with Crippen LogP contribution in [-0.2, 0) is 16.1 Å². The zero-order valence-corrected chi connectivity index (χ0v) is 11.1. The van der Waals surface area contributed by atoms with E-state index in [2.05, 4.69) is 15.0 Å². The summed E-state index contributed by atoms with van der Waals surface area (Å²) in [6.07, 6.45) is -1.20. The summed E-state index contributed by atoms with van der Waals surface area (Å²) in [6.45, 7) is 5.05. The highest BCUT2D eigenvalue weighted by Crippen LogP contribution is 2.16. The van der Waals surface area contributed by atoms with E-state index in [9.17, 15) is 9.90 Å². The molecule has 104 valence electrons. The summed E-state index contributed by atoms with van der Waals surface area (Å²) in [5.74, 6) is -0.630. The molecular weight excluding hydrogens is 244 g/mol. The molecule has 1 aromatic carbocycles. The Kier molecular flexibility index (Phi) is 4.90. The third-order valence-corrected chi connectivity index (χ3v) is 3.34. The van der Waals surface area contributed by atoms with Crippen molar-refractivity contribution in [3.63, 3.8) is 0 Å². The Labute approximate surface area is 113 Å². The Morgan fingerprint density at radius 3 is 2.58 bits per heavy atom. The summed E-state index contributed by atoms with van der Waals surface area (Å²) in [4.78, 5) is 13.6. The molecule has 5 heteroatoms. The maximum absolute atomic E-state index is 11.2. The first-order valence-corrected chi connectivity index (χ1v) is 6.48. The van der Waals surface area contributed by atoms with Crippen molar-refractivity contribution in [1.29, 1.82) is 0 Å². The second-order valence-corrected chi connectivity index (χ2v) is 4.69. The van der Waals surface area contributed by atoms with Gasteiger partial charge in [-0.1, -0.05) is 24.3 Å². The quantitative estimate of drug-likeness (QED) is 0.766. The molecule has 2 rings (SSSR count). The fourth-order valence-electron chi connectivity index (χ4n) is 2.18. The molecule has 0 aromatic heterocycles. The van der Waals surface area contributed by atoms with Crippen LogP contribution in [-0.4, -0.2) is 49.3 Å². The average molecular weight is 264 g/mol. The highest BCUT2D eigenvalue weighted by Gasteiger charge is 2.17. The minimum absolute atomic E-state index is 0.566. The molecule has 5 nitrogen and oxygen atoms in total. The Hall–Kier alpha value is -1.43. The van der Waals surface area contributed by atoms with Crippen LogP contribution in [0.1, 0.15) is 17.2 Å². The molecule has 0 aliphatic carbocycles. The van der Waals surface area contributed by atoms with E-state index >= 15 is 0 Å². The number of esters is 1. The molecule has 1 aromatic rings. The molecule has 19 heavy (non-hydrogen) atoms. The minimum Gasteiger partial charge on any atom is -0.467 e. The van der Waals surface area contributed by atoms with Gasteiger partial charge >= 0.3 is 5.97 Å². The Balaban J connectivity index is 1.95. The maximum Gasteiger partial charge on any atom is 0.339 e. The second kappa shape index (κ2) is 6.65. The number of aliphatic hydroxyl groups excluding tert-OH is 1. The predicted molar refractivity (Wildman–Crippen MR) is 71.6 cm³/mol. The van der Waals surface area contributed by atoms with Gasteiger partial charge in [0.25, 0.3) is 0 Å². The highest BCUT2D eigenvalue weighted by atomic mass is 16.5. The lowest BCUT2D eigenvalue weighted by atomic mass is 10.1. The van der Waals surface area contributed by atoms with Crippen molar-refractivity contribution in [2.75, 3.05) is 33.3 Å². The number of benzene rings is 1. The van der Waals surface area contributed by atoms with Gasteiger partial charge in [0, 0.05) is 32.7 Å². The van der Waals surface area contributed by atoms with Crippen molar-refractivity contribution in [3.8, 4) is 0 Å². The van der Waals surface area contributed by atoms with Gasteiger partial charge in [0.15, 0.2) is 6.10 Å². The third kappa shape index (κ3) is 3.76. The SMILES string of the molecule is COC(=O)C(O)c1ccc(CN2CCNCC2)cc1. The lowest BCUT2D eigenvalue weighted by Crippen LogP contribution is -2.42. The van der Waals surface area contributed by atoms with Crippen LogP contribution in [0.25, 0.3) is 0 Å². The molecule has 1 fully saturated rings. The number of hydrogen-bond donors (Lipinski definition) is 2. The van der Waals surface area contributed by atoms with Crippen LogP contribution in [0.2, 0.25) is 0 Å². The van der Waals surface area contributed by atoms with E-state index in [1.165, 1.54) is 12.7 Å². The molecule has 1 heterocycles. The zero-order valence-electron chi connectivity index (χ0n) is 11.1. The van der Waals surface area contributed by atoms with Crippen molar-refractivity contribution in [2.45, 2.75) is 12.6 Å². The molecule has 0 bridgehead atoms. The van der Waals surface area contributed by atoms with Crippen molar-refractivity contribution in [2.24, 2.45) is 0 Å². The number of carbonyl (C=O) groups excluding carboxylic acids is 1. The van der Waals surface area contributed by atoms with E-state index in [0.717, 1.165) is 32.7 Å². The van der Waals surface area contributed by atoms with Crippen LogP contribution < -0.4 is 5.32 Å². The van der Waals surface area contributed by atoms with E-state index in [-0.39, 0.29) is 0 Å². The first kappa shape index (κ1) is 14.0. The fraction of sp³-hybridized carbons (Fsp3) is 0.500. The van der Waals surface area contributed by atoms with Gasteiger partial charge in [-0.2, -0.15) is 0 Å². The normalized spacial score (nSPS) is 18.0. The van der Waals surface area contributed by atoms with Crippen LogP contribution in [0, 0.1) is 0 Å². The van der Waals surface area contributed by atoms with E-state index < -0.39 is 12.1 Å². The number of aliphatic hydroxyl groups is 1. The number of hydrogen-bond acceptors (Lipinski definition) is 5. The van der Waals surface area contributed by atoms with Crippen molar-refractivity contribution in [1.82, 2.24) is 10.2 Å². The summed E-state index contributed by atoms with van der Waals surface area (Å²) in [7, 11) is 1.27. The van der Waals surface area contributed by atoms with E-state index in [0.29, 0.717) is 5.56 Å². The number of nitrogens with zero attached hydrogens (tertiary/aromatic N) is 1. The number of methoxy groups -OCH3 is 1. The molecule has 0 amide bonds. The number of rotatable bonds is 4. The molecule has 1 saturated heterocycles. The van der Waals surface area contributed by atoms with E-state index in [4.69, 9.17) is 0 Å². The zero-order chi connectivity index (χ0) is 13.7. The van der Waals surface area contributed by atoms with Crippen molar-refractivity contribution < 1.29 is 14.6 Å². The van der Waals surface area contributed by atoms with Crippen molar-refractivity contribution in [3.05, 3.63) is 35.4 Å². The van der Waals surface area contributed by atoms with E-state index in [1.807, 2.05) is 12.1 Å². The Bertz CT molecular complexity index is 413. The molecule has 1 unspecified atom stereocenters. The molecule has 1 atom stereocenters. The largest absolute Gasteiger partial charge is 0.467 e. The summed E-state index contributed by atoms with van der Waals surface area (Å²) < 4.78 is 4.51. The molecule has 0 spiro atoms. The second-order valence-electron chi connectivity index (χ2n) is 4.69. The van der Waals surface area contributed by atoms with Gasteiger partial charge in [-0.15, -0.1) is 0 Å². The molecule has 2 N–H and O–H groups in total. The number of carbonyl (C=O) groups is 1. The van der Waals surface area contributed by atoms with Gasteiger partial charge in [0.05, 0.1) is 7.11 Å². The number of nitrogens with one attached hydrogen (secondary N) is 1. The molecule has 0 saturated carbocycles. The molecule has 1 aliphatic rings. The summed E-state index contributed by atoms with van der Waals surface area (Å²) >= 11 is 0. The maximum atomic E-state index is 11.2. The topological polar surface area (TPSA) is 61.8 Å². The van der Waals surface area contributed by atoms with Crippen LogP contribution in [0.15, 0.2) is 24.3 Å². The average Bonchev–Trinajstić information content (AvgIpc) is 2.47.